The Kier molecular flexibility index (Phi) is 46.2. The van der Waals surface area contributed by atoms with Gasteiger partial charge in [0.15, 0.2) is 6.10 Å². The number of carbonyl (C=O) groups is 3. The topological polar surface area (TPSA) is 78.9 Å². The highest BCUT2D eigenvalue weighted by Gasteiger charge is 2.19. The normalized spacial score (nSPS) is 12.4. The molecule has 0 saturated carbocycles. The standard InChI is InChI=1S/C53H102O6/c1-5-8-10-12-14-16-29-33-37-41-45-52(55)58-48-50(47-57-51(54)44-40-36-32-27-15-13-11-9-6-2)59-53(56)46-42-38-34-30-26-24-22-20-18-17-19-21-23-25-28-31-35-39-43-49(4)7-3/h49-50H,5-48H2,1-4H3/t49?,50-/m1/s1. The van der Waals surface area contributed by atoms with Crippen LogP contribution in [0.1, 0.15) is 297 Å². The second kappa shape index (κ2) is 47.5. The molecule has 0 fully saturated rings. The molecule has 2 atom stereocenters. The lowest BCUT2D eigenvalue weighted by Gasteiger charge is -2.18. The third-order valence-electron chi connectivity index (χ3n) is 12.4. The number of rotatable bonds is 48. The molecule has 0 aliphatic carbocycles. The summed E-state index contributed by atoms with van der Waals surface area (Å²) in [6.07, 6.45) is 49.5. The lowest BCUT2D eigenvalue weighted by Crippen LogP contribution is -2.30. The van der Waals surface area contributed by atoms with E-state index in [4.69, 9.17) is 14.2 Å². The van der Waals surface area contributed by atoms with Crippen LogP contribution in [0, 0.1) is 5.92 Å². The van der Waals surface area contributed by atoms with E-state index < -0.39 is 6.10 Å². The smallest absolute Gasteiger partial charge is 0.306 e. The molecule has 0 amide bonds. The van der Waals surface area contributed by atoms with E-state index >= 15 is 0 Å². The summed E-state index contributed by atoms with van der Waals surface area (Å²) in [6.45, 7) is 9.05. The largest absolute Gasteiger partial charge is 0.462 e. The van der Waals surface area contributed by atoms with Gasteiger partial charge in [-0.25, -0.2) is 0 Å². The van der Waals surface area contributed by atoms with Crippen molar-refractivity contribution < 1.29 is 28.6 Å². The van der Waals surface area contributed by atoms with Crippen LogP contribution in [0.5, 0.6) is 0 Å². The van der Waals surface area contributed by atoms with Gasteiger partial charge in [-0.05, 0) is 25.2 Å². The summed E-state index contributed by atoms with van der Waals surface area (Å²) in [5, 5.41) is 0. The summed E-state index contributed by atoms with van der Waals surface area (Å²) in [5.74, 6) is 0.0608. The molecular formula is C53H102O6. The maximum absolute atomic E-state index is 12.8. The molecule has 0 saturated heterocycles. The summed E-state index contributed by atoms with van der Waals surface area (Å²) < 4.78 is 16.8. The average Bonchev–Trinajstić information content (AvgIpc) is 3.23. The Morgan fingerprint density at radius 2 is 0.593 bits per heavy atom. The number of ether oxygens (including phenoxy) is 3. The Morgan fingerprint density at radius 1 is 0.339 bits per heavy atom. The average molecular weight is 835 g/mol. The predicted octanol–water partition coefficient (Wildman–Crippen LogP) is 17.1. The second-order valence-corrected chi connectivity index (χ2v) is 18.4. The van der Waals surface area contributed by atoms with Gasteiger partial charge in [0.05, 0.1) is 0 Å². The van der Waals surface area contributed by atoms with Crippen molar-refractivity contribution in [1.82, 2.24) is 0 Å². The molecule has 0 aliphatic rings. The molecule has 0 spiro atoms. The highest BCUT2D eigenvalue weighted by Crippen LogP contribution is 2.18. The van der Waals surface area contributed by atoms with Gasteiger partial charge in [0, 0.05) is 19.3 Å². The fourth-order valence-corrected chi connectivity index (χ4v) is 8.01. The molecule has 0 aromatic carbocycles. The molecule has 350 valence electrons. The van der Waals surface area contributed by atoms with E-state index in [1.807, 2.05) is 0 Å². The summed E-state index contributed by atoms with van der Waals surface area (Å²) >= 11 is 0. The van der Waals surface area contributed by atoms with Crippen LogP contribution in [-0.4, -0.2) is 37.2 Å². The van der Waals surface area contributed by atoms with E-state index in [1.54, 1.807) is 0 Å². The highest BCUT2D eigenvalue weighted by atomic mass is 16.6. The first-order chi connectivity index (χ1) is 28.9. The van der Waals surface area contributed by atoms with Crippen molar-refractivity contribution in [2.24, 2.45) is 5.92 Å². The number of esters is 3. The van der Waals surface area contributed by atoms with Crippen molar-refractivity contribution in [1.29, 1.82) is 0 Å². The van der Waals surface area contributed by atoms with Crippen LogP contribution in [0.4, 0.5) is 0 Å². The molecule has 1 unspecified atom stereocenters. The van der Waals surface area contributed by atoms with Crippen molar-refractivity contribution in [2.45, 2.75) is 303 Å². The van der Waals surface area contributed by atoms with Crippen LogP contribution < -0.4 is 0 Å². The SMILES string of the molecule is CCCCCCCCCCCCC(=O)OC[C@@H](COC(=O)CCCCCCCCCCC)OC(=O)CCCCCCCCCCCCCCCCCCCCC(C)CC. The van der Waals surface area contributed by atoms with Crippen LogP contribution in [0.2, 0.25) is 0 Å². The van der Waals surface area contributed by atoms with Gasteiger partial charge < -0.3 is 14.2 Å². The Morgan fingerprint density at radius 3 is 0.881 bits per heavy atom. The molecular weight excluding hydrogens is 733 g/mol. The van der Waals surface area contributed by atoms with Gasteiger partial charge in [-0.3, -0.25) is 14.4 Å². The first-order valence-electron chi connectivity index (χ1n) is 26.4. The van der Waals surface area contributed by atoms with E-state index in [0.29, 0.717) is 19.3 Å². The number of hydrogen-bond acceptors (Lipinski definition) is 6. The van der Waals surface area contributed by atoms with Crippen molar-refractivity contribution >= 4 is 17.9 Å². The summed E-state index contributed by atoms with van der Waals surface area (Å²) in [6, 6.07) is 0. The summed E-state index contributed by atoms with van der Waals surface area (Å²) in [7, 11) is 0. The quantitative estimate of drug-likeness (QED) is 0.0345. The summed E-state index contributed by atoms with van der Waals surface area (Å²) in [5.41, 5.74) is 0. The fourth-order valence-electron chi connectivity index (χ4n) is 8.01. The minimum absolute atomic E-state index is 0.0630. The maximum atomic E-state index is 12.8. The van der Waals surface area contributed by atoms with Gasteiger partial charge >= 0.3 is 17.9 Å². The molecule has 6 heteroatoms. The number of carbonyl (C=O) groups excluding carboxylic acids is 3. The monoisotopic (exact) mass is 835 g/mol. The Labute approximate surface area is 368 Å². The molecule has 0 aromatic rings. The van der Waals surface area contributed by atoms with Crippen molar-refractivity contribution in [3.05, 3.63) is 0 Å². The van der Waals surface area contributed by atoms with E-state index in [1.165, 1.54) is 193 Å². The van der Waals surface area contributed by atoms with Gasteiger partial charge in [-0.15, -0.1) is 0 Å². The van der Waals surface area contributed by atoms with Gasteiger partial charge in [0.25, 0.3) is 0 Å². The van der Waals surface area contributed by atoms with Crippen LogP contribution in [0.25, 0.3) is 0 Å². The van der Waals surface area contributed by atoms with E-state index in [-0.39, 0.29) is 31.1 Å². The second-order valence-electron chi connectivity index (χ2n) is 18.4. The van der Waals surface area contributed by atoms with Crippen molar-refractivity contribution in [3.8, 4) is 0 Å². The minimum Gasteiger partial charge on any atom is -0.462 e. The minimum atomic E-state index is -0.759. The van der Waals surface area contributed by atoms with Crippen molar-refractivity contribution in [2.75, 3.05) is 13.2 Å². The highest BCUT2D eigenvalue weighted by molar-refractivity contribution is 5.71. The zero-order valence-electron chi connectivity index (χ0n) is 40.2. The molecule has 0 aromatic heterocycles. The lowest BCUT2D eigenvalue weighted by molar-refractivity contribution is -0.167. The summed E-state index contributed by atoms with van der Waals surface area (Å²) in [4.78, 5) is 37.8. The Balaban J connectivity index is 4.15. The van der Waals surface area contributed by atoms with E-state index in [2.05, 4.69) is 27.7 Å². The molecule has 0 heterocycles. The van der Waals surface area contributed by atoms with Crippen LogP contribution in [0.3, 0.4) is 0 Å². The molecule has 0 N–H and O–H groups in total. The third-order valence-corrected chi connectivity index (χ3v) is 12.4. The molecule has 6 nitrogen and oxygen atoms in total. The number of unbranched alkanes of at least 4 members (excludes halogenated alkanes) is 34. The van der Waals surface area contributed by atoms with Gasteiger partial charge in [0.1, 0.15) is 13.2 Å². The maximum Gasteiger partial charge on any atom is 0.306 e. The van der Waals surface area contributed by atoms with Gasteiger partial charge in [0.2, 0.25) is 0 Å². The molecule has 0 aliphatic heterocycles. The van der Waals surface area contributed by atoms with Crippen LogP contribution in [-0.2, 0) is 28.6 Å². The van der Waals surface area contributed by atoms with Crippen LogP contribution in [0.15, 0.2) is 0 Å². The Bertz CT molecular complexity index is 889. The third kappa shape index (κ3) is 45.8. The molecule has 0 bridgehead atoms. The molecule has 0 rings (SSSR count). The molecule has 0 radical (unpaired) electrons. The van der Waals surface area contributed by atoms with E-state index in [9.17, 15) is 14.4 Å². The van der Waals surface area contributed by atoms with Crippen LogP contribution >= 0.6 is 0 Å². The number of hydrogen-bond donors (Lipinski definition) is 0. The Hall–Kier alpha value is -1.59. The first-order valence-corrected chi connectivity index (χ1v) is 26.4. The van der Waals surface area contributed by atoms with E-state index in [0.717, 1.165) is 63.7 Å². The first kappa shape index (κ1) is 57.4. The predicted molar refractivity (Wildman–Crippen MR) is 252 cm³/mol. The van der Waals surface area contributed by atoms with Gasteiger partial charge in [-0.1, -0.05) is 259 Å². The lowest BCUT2D eigenvalue weighted by atomic mass is 9.99. The fraction of sp³-hybridized carbons (Fsp3) is 0.943. The van der Waals surface area contributed by atoms with Gasteiger partial charge in [-0.2, -0.15) is 0 Å². The zero-order chi connectivity index (χ0) is 43.1. The molecule has 59 heavy (non-hydrogen) atoms. The van der Waals surface area contributed by atoms with Crippen molar-refractivity contribution in [3.63, 3.8) is 0 Å². The zero-order valence-corrected chi connectivity index (χ0v) is 40.2.